The van der Waals surface area contributed by atoms with E-state index in [2.05, 4.69) is 9.46 Å². The van der Waals surface area contributed by atoms with Crippen LogP contribution in [0.25, 0.3) is 0 Å². The molecule has 0 atom stereocenters. The van der Waals surface area contributed by atoms with Crippen molar-refractivity contribution in [3.63, 3.8) is 0 Å². The molecule has 0 aliphatic carbocycles. The topological polar surface area (TPSA) is 84.9 Å². The van der Waals surface area contributed by atoms with E-state index in [4.69, 9.17) is 4.74 Å². The molecule has 32 heavy (non-hydrogen) atoms. The first-order chi connectivity index (χ1) is 14.8. The molecule has 0 radical (unpaired) electrons. The van der Waals surface area contributed by atoms with Crippen LogP contribution in [-0.4, -0.2) is 33.8 Å². The SMILES string of the molecule is CCCN1C(=O)C(C)(C)COc2cc(NS(=O)(=O)c3ccc(OC(F)(F)F)cc3)ccc21. The van der Waals surface area contributed by atoms with Crippen molar-refractivity contribution in [3.8, 4) is 11.5 Å². The molecule has 0 bridgehead atoms. The van der Waals surface area contributed by atoms with E-state index in [1.165, 1.54) is 12.1 Å². The minimum absolute atomic E-state index is 0.0902. The van der Waals surface area contributed by atoms with Crippen molar-refractivity contribution in [1.82, 2.24) is 0 Å². The van der Waals surface area contributed by atoms with E-state index in [0.29, 0.717) is 18.0 Å². The molecule has 1 amide bonds. The van der Waals surface area contributed by atoms with Gasteiger partial charge in [0.25, 0.3) is 10.0 Å². The second-order valence-corrected chi connectivity index (χ2v) is 9.62. The summed E-state index contributed by atoms with van der Waals surface area (Å²) in [7, 11) is -4.09. The van der Waals surface area contributed by atoms with E-state index in [9.17, 15) is 26.4 Å². The van der Waals surface area contributed by atoms with Gasteiger partial charge < -0.3 is 14.4 Å². The van der Waals surface area contributed by atoms with E-state index in [1.807, 2.05) is 6.92 Å². The lowest BCUT2D eigenvalue weighted by Gasteiger charge is -2.27. The van der Waals surface area contributed by atoms with Crippen molar-refractivity contribution in [2.45, 2.75) is 38.4 Å². The van der Waals surface area contributed by atoms with E-state index in [-0.39, 0.29) is 23.1 Å². The smallest absolute Gasteiger partial charge is 0.490 e. The number of anilines is 2. The maximum atomic E-state index is 12.9. The third-order valence-corrected chi connectivity index (χ3v) is 6.13. The Kier molecular flexibility index (Phi) is 6.32. The number of sulfonamides is 1. The number of carbonyl (C=O) groups excluding carboxylic acids is 1. The number of alkyl halides is 3. The Balaban J connectivity index is 1.86. The molecule has 1 aliphatic heterocycles. The molecule has 0 aromatic heterocycles. The van der Waals surface area contributed by atoms with Gasteiger partial charge in [-0.1, -0.05) is 6.92 Å². The molecule has 3 rings (SSSR count). The fraction of sp³-hybridized carbons (Fsp3) is 0.381. The van der Waals surface area contributed by atoms with Crippen LogP contribution in [0.1, 0.15) is 27.2 Å². The quantitative estimate of drug-likeness (QED) is 0.667. The lowest BCUT2D eigenvalue weighted by molar-refractivity contribution is -0.274. The van der Waals surface area contributed by atoms with Crippen LogP contribution in [0.4, 0.5) is 24.5 Å². The standard InChI is InChI=1S/C21H23F3N2O5S/c1-4-11-26-17-10-5-14(12-18(17)30-13-20(2,3)19(26)27)25-32(28,29)16-8-6-15(7-9-16)31-21(22,23)24/h5-10,12,25H,4,11,13H2,1-3H3. The molecule has 11 heteroatoms. The summed E-state index contributed by atoms with van der Waals surface area (Å²) in [4.78, 5) is 14.3. The van der Waals surface area contributed by atoms with Gasteiger partial charge >= 0.3 is 6.36 Å². The van der Waals surface area contributed by atoms with Gasteiger partial charge in [0.1, 0.15) is 18.1 Å². The number of benzene rings is 2. The molecule has 0 saturated carbocycles. The predicted molar refractivity (Wildman–Crippen MR) is 112 cm³/mol. The van der Waals surface area contributed by atoms with Crippen molar-refractivity contribution >= 4 is 27.3 Å². The highest BCUT2D eigenvalue weighted by Gasteiger charge is 2.37. The van der Waals surface area contributed by atoms with Crippen molar-refractivity contribution in [3.05, 3.63) is 42.5 Å². The number of fused-ring (bicyclic) bond motifs is 1. The molecule has 2 aromatic carbocycles. The van der Waals surface area contributed by atoms with Crippen LogP contribution < -0.4 is 19.1 Å². The van der Waals surface area contributed by atoms with Crippen LogP contribution in [0.3, 0.4) is 0 Å². The number of halogens is 3. The highest BCUT2D eigenvalue weighted by Crippen LogP contribution is 2.38. The Morgan fingerprint density at radius 1 is 1.16 bits per heavy atom. The number of amides is 1. The lowest BCUT2D eigenvalue weighted by Crippen LogP contribution is -2.42. The summed E-state index contributed by atoms with van der Waals surface area (Å²) in [5.41, 5.74) is -0.0318. The minimum atomic E-state index is -4.87. The van der Waals surface area contributed by atoms with Gasteiger partial charge in [-0.3, -0.25) is 9.52 Å². The fourth-order valence-electron chi connectivity index (χ4n) is 3.19. The number of carbonyl (C=O) groups is 1. The Hall–Kier alpha value is -2.95. The van der Waals surface area contributed by atoms with Gasteiger partial charge in [-0.25, -0.2) is 8.42 Å². The molecule has 1 N–H and O–H groups in total. The summed E-state index contributed by atoms with van der Waals surface area (Å²) < 4.78 is 74.2. The number of nitrogens with one attached hydrogen (secondary N) is 1. The first kappa shape index (κ1) is 23.7. The van der Waals surface area contributed by atoms with Crippen LogP contribution in [-0.2, 0) is 14.8 Å². The monoisotopic (exact) mass is 472 g/mol. The predicted octanol–water partition coefficient (Wildman–Crippen LogP) is 4.55. The van der Waals surface area contributed by atoms with Crippen molar-refractivity contribution < 1.29 is 35.9 Å². The molecule has 7 nitrogen and oxygen atoms in total. The number of nitrogens with zero attached hydrogens (tertiary/aromatic N) is 1. The van der Waals surface area contributed by atoms with Crippen LogP contribution in [0.2, 0.25) is 0 Å². The van der Waals surface area contributed by atoms with Gasteiger partial charge in [-0.05, 0) is 56.7 Å². The third-order valence-electron chi connectivity index (χ3n) is 4.73. The van der Waals surface area contributed by atoms with Crippen LogP contribution in [0.5, 0.6) is 11.5 Å². The largest absolute Gasteiger partial charge is 0.573 e. The molecule has 1 heterocycles. The summed E-state index contributed by atoms with van der Waals surface area (Å²) in [6.07, 6.45) is -4.15. The Labute approximate surface area is 184 Å². The number of rotatable bonds is 6. The maximum absolute atomic E-state index is 12.9. The molecule has 0 fully saturated rings. The molecule has 0 saturated heterocycles. The fourth-order valence-corrected chi connectivity index (χ4v) is 4.24. The van der Waals surface area contributed by atoms with Gasteiger partial charge in [-0.2, -0.15) is 0 Å². The molecular weight excluding hydrogens is 449 g/mol. The van der Waals surface area contributed by atoms with Crippen LogP contribution in [0.15, 0.2) is 47.4 Å². The maximum Gasteiger partial charge on any atom is 0.573 e. The summed E-state index contributed by atoms with van der Waals surface area (Å²) in [6.45, 7) is 6.10. The summed E-state index contributed by atoms with van der Waals surface area (Å²) >= 11 is 0. The zero-order valence-corrected chi connectivity index (χ0v) is 18.5. The summed E-state index contributed by atoms with van der Waals surface area (Å²) in [6, 6.07) is 8.42. The first-order valence-electron chi connectivity index (χ1n) is 9.80. The highest BCUT2D eigenvalue weighted by atomic mass is 32.2. The Morgan fingerprint density at radius 2 is 1.81 bits per heavy atom. The van der Waals surface area contributed by atoms with Gasteiger partial charge in [0.15, 0.2) is 0 Å². The Bertz CT molecular complexity index is 1100. The number of hydrogen-bond donors (Lipinski definition) is 1. The normalized spacial score (nSPS) is 16.1. The van der Waals surface area contributed by atoms with Crippen molar-refractivity contribution in [1.29, 1.82) is 0 Å². The zero-order chi connectivity index (χ0) is 23.7. The minimum Gasteiger partial charge on any atom is -0.490 e. The van der Waals surface area contributed by atoms with E-state index in [1.54, 1.807) is 24.8 Å². The summed E-state index contributed by atoms with van der Waals surface area (Å²) in [5.74, 6) is -0.266. The molecule has 174 valence electrons. The Morgan fingerprint density at radius 3 is 2.41 bits per heavy atom. The molecule has 2 aromatic rings. The van der Waals surface area contributed by atoms with Crippen molar-refractivity contribution in [2.24, 2.45) is 5.41 Å². The van der Waals surface area contributed by atoms with Gasteiger partial charge in [0.05, 0.1) is 21.7 Å². The second kappa shape index (κ2) is 8.53. The van der Waals surface area contributed by atoms with E-state index < -0.39 is 27.6 Å². The average molecular weight is 472 g/mol. The highest BCUT2D eigenvalue weighted by molar-refractivity contribution is 7.92. The van der Waals surface area contributed by atoms with Crippen LogP contribution in [0, 0.1) is 5.41 Å². The van der Waals surface area contributed by atoms with Crippen LogP contribution >= 0.6 is 0 Å². The molecule has 1 aliphatic rings. The van der Waals surface area contributed by atoms with Gasteiger partial charge in [-0.15, -0.1) is 13.2 Å². The number of hydrogen-bond acceptors (Lipinski definition) is 5. The molecular formula is C21H23F3N2O5S. The molecule has 0 unspecified atom stereocenters. The van der Waals surface area contributed by atoms with E-state index >= 15 is 0 Å². The summed E-state index contributed by atoms with van der Waals surface area (Å²) in [5, 5.41) is 0. The van der Waals surface area contributed by atoms with E-state index in [0.717, 1.165) is 30.7 Å². The van der Waals surface area contributed by atoms with Gasteiger partial charge in [0.2, 0.25) is 5.91 Å². The average Bonchev–Trinajstić information content (AvgIpc) is 2.77. The van der Waals surface area contributed by atoms with Crippen molar-refractivity contribution in [2.75, 3.05) is 22.8 Å². The van der Waals surface area contributed by atoms with Gasteiger partial charge in [0, 0.05) is 12.6 Å². The lowest BCUT2D eigenvalue weighted by atomic mass is 9.93. The number of ether oxygens (including phenoxy) is 2. The zero-order valence-electron chi connectivity index (χ0n) is 17.7. The third kappa shape index (κ3) is 5.26. The second-order valence-electron chi connectivity index (χ2n) is 7.94. The molecule has 0 spiro atoms. The first-order valence-corrected chi connectivity index (χ1v) is 11.3.